The second-order valence-corrected chi connectivity index (χ2v) is 3.07. The standard InChI is InChI=1S/C11H13NO3/c12-10(13)7-4-8-15-11(14)9-5-2-1-3-6-9/h1-3,5-6H,4,7-8H2,(H2,12,13). The van der Waals surface area contributed by atoms with Crippen molar-refractivity contribution in [3.05, 3.63) is 35.9 Å². The maximum Gasteiger partial charge on any atom is 0.338 e. The minimum Gasteiger partial charge on any atom is -0.462 e. The SMILES string of the molecule is NC(=O)CCCOC(=O)c1ccccc1. The Labute approximate surface area is 88.0 Å². The van der Waals surface area contributed by atoms with Crippen LogP contribution in [0.2, 0.25) is 0 Å². The number of benzene rings is 1. The number of rotatable bonds is 5. The zero-order valence-electron chi connectivity index (χ0n) is 8.31. The molecule has 4 nitrogen and oxygen atoms in total. The summed E-state index contributed by atoms with van der Waals surface area (Å²) in [7, 11) is 0. The lowest BCUT2D eigenvalue weighted by molar-refractivity contribution is -0.118. The van der Waals surface area contributed by atoms with Gasteiger partial charge in [0.2, 0.25) is 5.91 Å². The van der Waals surface area contributed by atoms with E-state index in [4.69, 9.17) is 10.5 Å². The summed E-state index contributed by atoms with van der Waals surface area (Å²) in [5.74, 6) is -0.758. The molecule has 0 atom stereocenters. The Hall–Kier alpha value is -1.84. The van der Waals surface area contributed by atoms with Crippen LogP contribution in [0.5, 0.6) is 0 Å². The predicted molar refractivity (Wildman–Crippen MR) is 55.2 cm³/mol. The summed E-state index contributed by atoms with van der Waals surface area (Å²) in [6, 6.07) is 8.71. The molecule has 0 aliphatic carbocycles. The van der Waals surface area contributed by atoms with Crippen LogP contribution < -0.4 is 5.73 Å². The summed E-state index contributed by atoms with van der Waals surface area (Å²) in [6.07, 6.45) is 0.704. The van der Waals surface area contributed by atoms with Crippen LogP contribution in [-0.4, -0.2) is 18.5 Å². The van der Waals surface area contributed by atoms with E-state index in [2.05, 4.69) is 0 Å². The Kier molecular flexibility index (Phi) is 4.34. The van der Waals surface area contributed by atoms with Gasteiger partial charge in [0.25, 0.3) is 0 Å². The van der Waals surface area contributed by atoms with Gasteiger partial charge in [-0.05, 0) is 18.6 Å². The molecule has 0 heterocycles. The van der Waals surface area contributed by atoms with Crippen molar-refractivity contribution in [2.45, 2.75) is 12.8 Å². The van der Waals surface area contributed by atoms with Gasteiger partial charge in [-0.3, -0.25) is 4.79 Å². The highest BCUT2D eigenvalue weighted by Crippen LogP contribution is 2.01. The van der Waals surface area contributed by atoms with Gasteiger partial charge >= 0.3 is 5.97 Å². The molecule has 2 N–H and O–H groups in total. The van der Waals surface area contributed by atoms with Gasteiger partial charge in [0.05, 0.1) is 12.2 Å². The Morgan fingerprint density at radius 3 is 2.47 bits per heavy atom. The van der Waals surface area contributed by atoms with Gasteiger partial charge in [0, 0.05) is 6.42 Å². The van der Waals surface area contributed by atoms with E-state index in [0.717, 1.165) is 0 Å². The van der Waals surface area contributed by atoms with Crippen molar-refractivity contribution in [2.24, 2.45) is 5.73 Å². The highest BCUT2D eigenvalue weighted by Gasteiger charge is 2.05. The van der Waals surface area contributed by atoms with Gasteiger partial charge in [-0.25, -0.2) is 4.79 Å². The van der Waals surface area contributed by atoms with Crippen molar-refractivity contribution in [1.29, 1.82) is 0 Å². The predicted octanol–water partition coefficient (Wildman–Crippen LogP) is 1.11. The molecule has 0 saturated heterocycles. The molecule has 0 saturated carbocycles. The van der Waals surface area contributed by atoms with Crippen molar-refractivity contribution >= 4 is 11.9 Å². The lowest BCUT2D eigenvalue weighted by Crippen LogP contribution is -2.12. The smallest absolute Gasteiger partial charge is 0.338 e. The van der Waals surface area contributed by atoms with Crippen molar-refractivity contribution in [3.8, 4) is 0 Å². The molecule has 0 spiro atoms. The zero-order chi connectivity index (χ0) is 11.1. The first-order valence-corrected chi connectivity index (χ1v) is 4.70. The molecule has 4 heteroatoms. The number of esters is 1. The van der Waals surface area contributed by atoms with E-state index in [1.807, 2.05) is 6.07 Å². The molecular formula is C11H13NO3. The van der Waals surface area contributed by atoms with Crippen molar-refractivity contribution in [2.75, 3.05) is 6.61 Å². The number of ether oxygens (including phenoxy) is 1. The number of amides is 1. The Morgan fingerprint density at radius 2 is 1.87 bits per heavy atom. The third kappa shape index (κ3) is 4.26. The number of hydrogen-bond donors (Lipinski definition) is 1. The molecule has 1 aromatic carbocycles. The summed E-state index contributed by atoms with van der Waals surface area (Å²) >= 11 is 0. The molecule has 80 valence electrons. The van der Waals surface area contributed by atoms with E-state index in [1.54, 1.807) is 24.3 Å². The fourth-order valence-electron chi connectivity index (χ4n) is 1.07. The summed E-state index contributed by atoms with van der Waals surface area (Å²) in [5, 5.41) is 0. The van der Waals surface area contributed by atoms with Crippen LogP contribution in [0.3, 0.4) is 0 Å². The average molecular weight is 207 g/mol. The normalized spacial score (nSPS) is 9.60. The maximum absolute atomic E-state index is 11.4. The lowest BCUT2D eigenvalue weighted by Gasteiger charge is -2.03. The third-order valence-electron chi connectivity index (χ3n) is 1.81. The van der Waals surface area contributed by atoms with Crippen LogP contribution in [0.25, 0.3) is 0 Å². The Morgan fingerprint density at radius 1 is 1.20 bits per heavy atom. The quantitative estimate of drug-likeness (QED) is 0.580. The summed E-state index contributed by atoms with van der Waals surface area (Å²) in [4.78, 5) is 21.7. The monoisotopic (exact) mass is 207 g/mol. The van der Waals surface area contributed by atoms with Crippen molar-refractivity contribution in [1.82, 2.24) is 0 Å². The number of primary amides is 1. The van der Waals surface area contributed by atoms with Crippen LogP contribution >= 0.6 is 0 Å². The van der Waals surface area contributed by atoms with Crippen LogP contribution in [0.15, 0.2) is 30.3 Å². The third-order valence-corrected chi connectivity index (χ3v) is 1.81. The lowest BCUT2D eigenvalue weighted by atomic mass is 10.2. The van der Waals surface area contributed by atoms with E-state index in [-0.39, 0.29) is 24.9 Å². The molecule has 0 fully saturated rings. The maximum atomic E-state index is 11.4. The minimum absolute atomic E-state index is 0.219. The van der Waals surface area contributed by atoms with Gasteiger partial charge in [-0.1, -0.05) is 18.2 Å². The van der Waals surface area contributed by atoms with Crippen LogP contribution in [0, 0.1) is 0 Å². The van der Waals surface area contributed by atoms with Crippen LogP contribution in [0.1, 0.15) is 23.2 Å². The molecule has 15 heavy (non-hydrogen) atoms. The average Bonchev–Trinajstić information content (AvgIpc) is 2.25. The highest BCUT2D eigenvalue weighted by molar-refractivity contribution is 5.89. The van der Waals surface area contributed by atoms with Crippen LogP contribution in [-0.2, 0) is 9.53 Å². The molecular weight excluding hydrogens is 194 g/mol. The van der Waals surface area contributed by atoms with Gasteiger partial charge in [-0.2, -0.15) is 0 Å². The van der Waals surface area contributed by atoms with E-state index in [1.165, 1.54) is 0 Å². The topological polar surface area (TPSA) is 69.4 Å². The first-order chi connectivity index (χ1) is 7.20. The summed E-state index contributed by atoms with van der Waals surface area (Å²) in [5.41, 5.74) is 5.45. The Bertz CT molecular complexity index is 335. The minimum atomic E-state index is -0.384. The molecule has 0 aromatic heterocycles. The van der Waals surface area contributed by atoms with Gasteiger partial charge in [0.15, 0.2) is 0 Å². The Balaban J connectivity index is 2.28. The van der Waals surface area contributed by atoms with Gasteiger partial charge in [-0.15, -0.1) is 0 Å². The molecule has 0 aliphatic rings. The number of hydrogen-bond acceptors (Lipinski definition) is 3. The molecule has 0 unspecified atom stereocenters. The van der Waals surface area contributed by atoms with Gasteiger partial charge in [0.1, 0.15) is 0 Å². The number of carbonyl (C=O) groups is 2. The first-order valence-electron chi connectivity index (χ1n) is 4.70. The molecule has 1 amide bonds. The van der Waals surface area contributed by atoms with E-state index in [0.29, 0.717) is 12.0 Å². The molecule has 0 radical (unpaired) electrons. The van der Waals surface area contributed by atoms with E-state index in [9.17, 15) is 9.59 Å². The van der Waals surface area contributed by atoms with Crippen molar-refractivity contribution < 1.29 is 14.3 Å². The zero-order valence-corrected chi connectivity index (χ0v) is 8.31. The first kappa shape index (κ1) is 11.2. The molecule has 1 rings (SSSR count). The number of nitrogens with two attached hydrogens (primary N) is 1. The molecule has 1 aromatic rings. The summed E-state index contributed by atoms with van der Waals surface area (Å²) in [6.45, 7) is 0.219. The van der Waals surface area contributed by atoms with Crippen molar-refractivity contribution in [3.63, 3.8) is 0 Å². The largest absolute Gasteiger partial charge is 0.462 e. The van der Waals surface area contributed by atoms with Gasteiger partial charge < -0.3 is 10.5 Å². The van der Waals surface area contributed by atoms with E-state index >= 15 is 0 Å². The second kappa shape index (κ2) is 5.80. The molecule has 0 aliphatic heterocycles. The second-order valence-electron chi connectivity index (χ2n) is 3.07. The fraction of sp³-hybridized carbons (Fsp3) is 0.273. The summed E-state index contributed by atoms with van der Waals surface area (Å²) < 4.78 is 4.93. The fourth-order valence-corrected chi connectivity index (χ4v) is 1.07. The van der Waals surface area contributed by atoms with E-state index < -0.39 is 0 Å². The highest BCUT2D eigenvalue weighted by atomic mass is 16.5. The van der Waals surface area contributed by atoms with Crippen LogP contribution in [0.4, 0.5) is 0 Å². The number of carbonyl (C=O) groups excluding carboxylic acids is 2. The molecule has 0 bridgehead atoms.